The molecule has 0 aromatic heterocycles. The highest BCUT2D eigenvalue weighted by molar-refractivity contribution is 5.30. The molecule has 0 radical (unpaired) electrons. The molecule has 1 spiro atoms. The molecule has 0 nitrogen and oxygen atoms in total. The van der Waals surface area contributed by atoms with E-state index in [-0.39, 0.29) is 0 Å². The normalized spacial score (nSPS) is 69.3. The zero-order valence-corrected chi connectivity index (χ0v) is 5.64. The smallest absolute Gasteiger partial charge is 0.0232 e. The molecule has 4 rings (SSSR count). The zero-order chi connectivity index (χ0) is 5.64. The topological polar surface area (TPSA) is 0 Å². The lowest BCUT2D eigenvalue weighted by atomic mass is 9.68. The first-order valence-corrected chi connectivity index (χ1v) is 4.43. The van der Waals surface area contributed by atoms with Crippen molar-refractivity contribution in [3.63, 3.8) is 0 Å². The van der Waals surface area contributed by atoms with Gasteiger partial charge in [-0.15, -0.1) is 0 Å². The van der Waals surface area contributed by atoms with Crippen LogP contribution in [0.3, 0.4) is 0 Å². The monoisotopic (exact) mass is 120 g/mol. The van der Waals surface area contributed by atoms with Crippen LogP contribution < -0.4 is 0 Å². The SMILES string of the molecule is C1C[C@@H]2[C@@H]3[C@H]1[C@@H]3C21CC1. The highest BCUT2D eigenvalue weighted by atomic mass is 14.9. The average molecular weight is 120 g/mol. The van der Waals surface area contributed by atoms with Crippen LogP contribution in [0.4, 0.5) is 0 Å². The van der Waals surface area contributed by atoms with Crippen LogP contribution in [-0.4, -0.2) is 0 Å². The van der Waals surface area contributed by atoms with E-state index >= 15 is 0 Å². The molecule has 9 heavy (non-hydrogen) atoms. The number of fused-ring (bicyclic) bond motifs is 3. The summed E-state index contributed by atoms with van der Waals surface area (Å²) in [6.07, 6.45) is 6.47. The fraction of sp³-hybridized carbons (Fsp3) is 1.00. The molecular formula is C9H12. The van der Waals surface area contributed by atoms with Gasteiger partial charge in [-0.25, -0.2) is 0 Å². The first kappa shape index (κ1) is 4.00. The van der Waals surface area contributed by atoms with Crippen LogP contribution in [0.2, 0.25) is 0 Å². The van der Waals surface area contributed by atoms with E-state index in [2.05, 4.69) is 0 Å². The van der Waals surface area contributed by atoms with Crippen molar-refractivity contribution < 1.29 is 0 Å². The number of hydrogen-bond acceptors (Lipinski definition) is 0. The van der Waals surface area contributed by atoms with E-state index < -0.39 is 0 Å². The van der Waals surface area contributed by atoms with Crippen molar-refractivity contribution in [3.05, 3.63) is 0 Å². The first-order valence-electron chi connectivity index (χ1n) is 4.43. The summed E-state index contributed by atoms with van der Waals surface area (Å²) in [5.41, 5.74) is 1.02. The molecule has 4 saturated carbocycles. The minimum Gasteiger partial charge on any atom is -0.0496 e. The summed E-state index contributed by atoms with van der Waals surface area (Å²) in [5.74, 6) is 5.09. The van der Waals surface area contributed by atoms with Gasteiger partial charge in [0.1, 0.15) is 0 Å². The Balaban J connectivity index is 1.89. The van der Waals surface area contributed by atoms with Crippen molar-refractivity contribution in [1.29, 1.82) is 0 Å². The van der Waals surface area contributed by atoms with E-state index in [0.29, 0.717) is 0 Å². The van der Waals surface area contributed by atoms with Gasteiger partial charge in [-0.05, 0) is 54.8 Å². The highest BCUT2D eigenvalue weighted by Crippen LogP contribution is 2.89. The van der Waals surface area contributed by atoms with Gasteiger partial charge in [0.05, 0.1) is 0 Å². The van der Waals surface area contributed by atoms with Gasteiger partial charge in [0.15, 0.2) is 0 Å². The van der Waals surface area contributed by atoms with Crippen molar-refractivity contribution in [1.82, 2.24) is 0 Å². The molecule has 0 bridgehead atoms. The van der Waals surface area contributed by atoms with Gasteiger partial charge in [0.2, 0.25) is 0 Å². The standard InChI is InChI=1S/C9H12/c1-2-6-7-5(1)8(7)9(6)3-4-9/h5-8H,1-4H2/t5-,6+,7-,8-/m0/s1. The number of rotatable bonds is 0. The summed E-state index contributed by atoms with van der Waals surface area (Å²) in [5, 5.41) is 0. The summed E-state index contributed by atoms with van der Waals surface area (Å²) in [6.45, 7) is 0. The van der Waals surface area contributed by atoms with Crippen LogP contribution in [0, 0.1) is 29.1 Å². The molecule has 0 N–H and O–H groups in total. The van der Waals surface area contributed by atoms with Gasteiger partial charge in [-0.2, -0.15) is 0 Å². The van der Waals surface area contributed by atoms with Crippen LogP contribution in [0.25, 0.3) is 0 Å². The third-order valence-electron chi connectivity index (χ3n) is 4.73. The van der Waals surface area contributed by atoms with E-state index in [9.17, 15) is 0 Å². The van der Waals surface area contributed by atoms with Crippen LogP contribution in [0.15, 0.2) is 0 Å². The molecule has 0 aliphatic heterocycles. The summed E-state index contributed by atoms with van der Waals surface area (Å²) in [6, 6.07) is 0. The van der Waals surface area contributed by atoms with E-state index in [4.69, 9.17) is 0 Å². The van der Waals surface area contributed by atoms with Crippen molar-refractivity contribution >= 4 is 0 Å². The second-order valence-corrected chi connectivity index (χ2v) is 4.68. The molecule has 4 aliphatic carbocycles. The van der Waals surface area contributed by atoms with E-state index in [0.717, 1.165) is 5.41 Å². The van der Waals surface area contributed by atoms with Crippen LogP contribution in [0.5, 0.6) is 0 Å². The molecule has 4 atom stereocenters. The molecule has 0 aromatic rings. The zero-order valence-electron chi connectivity index (χ0n) is 5.64. The Labute approximate surface area is 55.6 Å². The Morgan fingerprint density at radius 1 is 1.11 bits per heavy atom. The molecule has 0 heteroatoms. The van der Waals surface area contributed by atoms with E-state index in [1.807, 2.05) is 0 Å². The summed E-state index contributed by atoms with van der Waals surface area (Å²) < 4.78 is 0. The average Bonchev–Trinajstić information content (AvgIpc) is 2.71. The Bertz CT molecular complexity index is 186. The second kappa shape index (κ2) is 0.810. The number of hydrogen-bond donors (Lipinski definition) is 0. The largest absolute Gasteiger partial charge is 0.0496 e. The first-order chi connectivity index (χ1) is 4.43. The maximum atomic E-state index is 1.62. The minimum atomic E-state index is 1.02. The Morgan fingerprint density at radius 3 is 2.33 bits per heavy atom. The van der Waals surface area contributed by atoms with Crippen molar-refractivity contribution in [2.75, 3.05) is 0 Å². The fourth-order valence-electron chi connectivity index (χ4n) is 4.34. The lowest BCUT2D eigenvalue weighted by Gasteiger charge is -2.36. The van der Waals surface area contributed by atoms with Crippen LogP contribution in [0.1, 0.15) is 25.7 Å². The van der Waals surface area contributed by atoms with Crippen molar-refractivity contribution in [2.24, 2.45) is 29.1 Å². The maximum absolute atomic E-state index is 1.62. The highest BCUT2D eigenvalue weighted by Gasteiger charge is 2.82. The van der Waals surface area contributed by atoms with Gasteiger partial charge in [-0.1, -0.05) is 0 Å². The summed E-state index contributed by atoms with van der Waals surface area (Å²) in [4.78, 5) is 0. The van der Waals surface area contributed by atoms with Crippen LogP contribution in [-0.2, 0) is 0 Å². The van der Waals surface area contributed by atoms with Gasteiger partial charge in [0.25, 0.3) is 0 Å². The van der Waals surface area contributed by atoms with Gasteiger partial charge in [0, 0.05) is 0 Å². The van der Waals surface area contributed by atoms with Crippen molar-refractivity contribution in [3.8, 4) is 0 Å². The molecule has 48 valence electrons. The Morgan fingerprint density at radius 2 is 2.00 bits per heavy atom. The molecule has 0 amide bonds. The molecule has 0 saturated heterocycles. The predicted octanol–water partition coefficient (Wildman–Crippen LogP) is 2.05. The maximum Gasteiger partial charge on any atom is -0.0232 e. The van der Waals surface area contributed by atoms with Crippen LogP contribution >= 0.6 is 0 Å². The van der Waals surface area contributed by atoms with E-state index in [1.54, 1.807) is 25.7 Å². The van der Waals surface area contributed by atoms with Gasteiger partial charge >= 0.3 is 0 Å². The predicted molar refractivity (Wildman–Crippen MR) is 34.9 cm³/mol. The summed E-state index contributed by atoms with van der Waals surface area (Å²) in [7, 11) is 0. The Kier molecular flexibility index (Phi) is 0.360. The van der Waals surface area contributed by atoms with Gasteiger partial charge in [-0.3, -0.25) is 0 Å². The van der Waals surface area contributed by atoms with Crippen molar-refractivity contribution in [2.45, 2.75) is 25.7 Å². The summed E-state index contributed by atoms with van der Waals surface area (Å²) >= 11 is 0. The fourth-order valence-corrected chi connectivity index (χ4v) is 4.34. The van der Waals surface area contributed by atoms with Gasteiger partial charge < -0.3 is 0 Å². The quantitative estimate of drug-likeness (QED) is 0.459. The molecule has 0 heterocycles. The molecule has 0 unspecified atom stereocenters. The second-order valence-electron chi connectivity index (χ2n) is 4.68. The van der Waals surface area contributed by atoms with E-state index in [1.165, 1.54) is 23.7 Å². The molecule has 0 aromatic carbocycles. The molecular weight excluding hydrogens is 108 g/mol. The molecule has 4 fully saturated rings. The lowest BCUT2D eigenvalue weighted by Crippen LogP contribution is -2.31. The third-order valence-corrected chi connectivity index (χ3v) is 4.73. The minimum absolute atomic E-state index is 1.02. The Hall–Kier alpha value is 0. The third kappa shape index (κ3) is 0.222. The lowest BCUT2D eigenvalue weighted by molar-refractivity contribution is 0.111. The molecule has 4 aliphatic rings.